The van der Waals surface area contributed by atoms with Crippen LogP contribution in [0.1, 0.15) is 44.6 Å². The number of unbranched alkanes of at least 4 members (excludes halogenated alkanes) is 3. The number of nitrogens with one attached hydrogen (secondary N) is 1. The van der Waals surface area contributed by atoms with Gasteiger partial charge in [-0.2, -0.15) is 0 Å². The summed E-state index contributed by atoms with van der Waals surface area (Å²) in [6, 6.07) is 7.06. The minimum atomic E-state index is -1.10. The number of nitrogens with zero attached hydrogens (tertiary/aromatic N) is 1. The molecule has 0 fully saturated rings. The number of carbonyl (C=O) groups excluding carboxylic acids is 2. The van der Waals surface area contributed by atoms with Crippen LogP contribution < -0.4 is 10.2 Å². The molecule has 7 nitrogen and oxygen atoms in total. The number of benzene rings is 1. The van der Waals surface area contributed by atoms with Crippen molar-refractivity contribution in [2.45, 2.75) is 51.5 Å². The van der Waals surface area contributed by atoms with Gasteiger partial charge >= 0.3 is 12.1 Å². The molecule has 1 aromatic rings. The number of carboxylic acid groups (broad SMARTS) is 1. The van der Waals surface area contributed by atoms with E-state index in [9.17, 15) is 19.5 Å². The summed E-state index contributed by atoms with van der Waals surface area (Å²) in [4.78, 5) is 37.9. The van der Waals surface area contributed by atoms with Crippen LogP contribution in [0.25, 0.3) is 0 Å². The monoisotopic (exact) mass is 376 g/mol. The van der Waals surface area contributed by atoms with E-state index < -0.39 is 23.9 Å². The van der Waals surface area contributed by atoms with Gasteiger partial charge in [-0.05, 0) is 24.5 Å². The number of anilines is 1. The number of hydrogen-bond acceptors (Lipinski definition) is 4. The van der Waals surface area contributed by atoms with Crippen molar-refractivity contribution < 1.29 is 24.2 Å². The van der Waals surface area contributed by atoms with Gasteiger partial charge in [0.2, 0.25) is 5.91 Å². The third-order valence-corrected chi connectivity index (χ3v) is 4.87. The first-order valence-electron chi connectivity index (χ1n) is 9.44. The predicted octanol–water partition coefficient (Wildman–Crippen LogP) is 2.97. The fraction of sp³-hybridized carbons (Fsp3) is 0.550. The fourth-order valence-electron chi connectivity index (χ4n) is 3.44. The van der Waals surface area contributed by atoms with Gasteiger partial charge in [-0.15, -0.1) is 0 Å². The van der Waals surface area contributed by atoms with Gasteiger partial charge in [0.25, 0.3) is 0 Å². The van der Waals surface area contributed by atoms with E-state index in [0.717, 1.165) is 24.8 Å². The Bertz CT molecular complexity index is 676. The number of alkyl carbamates (subject to hydrolysis) is 1. The van der Waals surface area contributed by atoms with E-state index in [-0.39, 0.29) is 12.6 Å². The molecular weight excluding hydrogens is 348 g/mol. The Kier molecular flexibility index (Phi) is 7.64. The Morgan fingerprint density at radius 3 is 2.67 bits per heavy atom. The maximum Gasteiger partial charge on any atom is 0.407 e. The summed E-state index contributed by atoms with van der Waals surface area (Å²) >= 11 is 0. The third kappa shape index (κ3) is 5.45. The number of aliphatic carboxylic acids is 1. The smallest absolute Gasteiger partial charge is 0.407 e. The quantitative estimate of drug-likeness (QED) is 0.537. The van der Waals surface area contributed by atoms with Crippen LogP contribution in [0.5, 0.6) is 0 Å². The molecule has 27 heavy (non-hydrogen) atoms. The number of hydrogen-bond donors (Lipinski definition) is 2. The van der Waals surface area contributed by atoms with Crippen molar-refractivity contribution in [3.05, 3.63) is 29.8 Å². The van der Waals surface area contributed by atoms with Gasteiger partial charge in [0, 0.05) is 12.2 Å². The van der Waals surface area contributed by atoms with Crippen LogP contribution in [0.2, 0.25) is 0 Å². The summed E-state index contributed by atoms with van der Waals surface area (Å²) in [6.07, 6.45) is 4.00. The highest BCUT2D eigenvalue weighted by Gasteiger charge is 2.35. The van der Waals surface area contributed by atoms with Crippen LogP contribution in [0.4, 0.5) is 10.5 Å². The number of para-hydroxylation sites is 1. The fourth-order valence-corrected chi connectivity index (χ4v) is 3.44. The molecule has 2 N–H and O–H groups in total. The van der Waals surface area contributed by atoms with E-state index in [4.69, 9.17) is 0 Å². The standard InChI is InChI=1S/C20H28N2O5/c1-3-4-5-6-10-16(19(24)25)18(23)22-13-15(21-20(26)27-2)12-14-9-7-8-11-17(14)22/h7-9,11,15-16H,3-6,10,12-13H2,1-2H3,(H,21,26)(H,24,25). The normalized spacial score (nSPS) is 17.0. The lowest BCUT2D eigenvalue weighted by atomic mass is 9.94. The minimum absolute atomic E-state index is 0.226. The number of ether oxygens (including phenoxy) is 1. The third-order valence-electron chi connectivity index (χ3n) is 4.87. The van der Waals surface area contributed by atoms with E-state index in [2.05, 4.69) is 17.0 Å². The predicted molar refractivity (Wildman–Crippen MR) is 102 cm³/mol. The molecule has 0 saturated carbocycles. The van der Waals surface area contributed by atoms with Gasteiger partial charge in [-0.1, -0.05) is 50.8 Å². The second-order valence-electron chi connectivity index (χ2n) is 6.85. The first-order valence-corrected chi connectivity index (χ1v) is 9.44. The number of amides is 2. The lowest BCUT2D eigenvalue weighted by Gasteiger charge is -2.36. The lowest BCUT2D eigenvalue weighted by Crippen LogP contribution is -2.52. The van der Waals surface area contributed by atoms with Crippen LogP contribution in [0.3, 0.4) is 0 Å². The van der Waals surface area contributed by atoms with Crippen molar-refractivity contribution in [1.82, 2.24) is 5.32 Å². The highest BCUT2D eigenvalue weighted by molar-refractivity contribution is 6.06. The second-order valence-corrected chi connectivity index (χ2v) is 6.85. The molecular formula is C20H28N2O5. The first-order chi connectivity index (χ1) is 13.0. The molecule has 2 amide bonds. The van der Waals surface area contributed by atoms with E-state index >= 15 is 0 Å². The van der Waals surface area contributed by atoms with Crippen molar-refractivity contribution >= 4 is 23.7 Å². The molecule has 1 aliphatic rings. The molecule has 148 valence electrons. The largest absolute Gasteiger partial charge is 0.481 e. The van der Waals surface area contributed by atoms with E-state index in [1.54, 1.807) is 0 Å². The summed E-state index contributed by atoms with van der Waals surface area (Å²) in [6.45, 7) is 2.31. The molecule has 0 aliphatic carbocycles. The topological polar surface area (TPSA) is 95.9 Å². The van der Waals surface area contributed by atoms with Crippen LogP contribution in [-0.2, 0) is 20.7 Å². The molecule has 2 rings (SSSR count). The van der Waals surface area contributed by atoms with Crippen molar-refractivity contribution in [1.29, 1.82) is 0 Å². The minimum Gasteiger partial charge on any atom is -0.481 e. The maximum absolute atomic E-state index is 13.1. The number of methoxy groups -OCH3 is 1. The maximum atomic E-state index is 13.1. The SMILES string of the molecule is CCCCCCC(C(=O)O)C(=O)N1CC(NC(=O)OC)Cc2ccccc21. The average Bonchev–Trinajstić information content (AvgIpc) is 2.66. The van der Waals surface area contributed by atoms with Crippen LogP contribution in [0, 0.1) is 5.92 Å². The van der Waals surface area contributed by atoms with Gasteiger partial charge in [-0.3, -0.25) is 9.59 Å². The van der Waals surface area contributed by atoms with Crippen molar-refractivity contribution in [2.24, 2.45) is 5.92 Å². The number of carbonyl (C=O) groups is 3. The Morgan fingerprint density at radius 2 is 2.00 bits per heavy atom. The number of rotatable bonds is 8. The molecule has 0 spiro atoms. The molecule has 0 saturated heterocycles. The van der Waals surface area contributed by atoms with Crippen molar-refractivity contribution in [3.63, 3.8) is 0 Å². The molecule has 0 radical (unpaired) electrons. The Morgan fingerprint density at radius 1 is 1.26 bits per heavy atom. The van der Waals surface area contributed by atoms with Gasteiger partial charge in [-0.25, -0.2) is 4.79 Å². The van der Waals surface area contributed by atoms with Gasteiger partial charge in [0.1, 0.15) is 5.92 Å². The highest BCUT2D eigenvalue weighted by Crippen LogP contribution is 2.29. The summed E-state index contributed by atoms with van der Waals surface area (Å²) in [5.41, 5.74) is 1.61. The summed E-state index contributed by atoms with van der Waals surface area (Å²) in [7, 11) is 1.28. The van der Waals surface area contributed by atoms with Gasteiger partial charge in [0.15, 0.2) is 0 Å². The second kappa shape index (κ2) is 9.94. The van der Waals surface area contributed by atoms with Crippen LogP contribution in [0.15, 0.2) is 24.3 Å². The molecule has 1 aliphatic heterocycles. The first kappa shape index (κ1) is 20.7. The van der Waals surface area contributed by atoms with E-state index in [1.807, 2.05) is 24.3 Å². The Balaban J connectivity index is 2.20. The molecule has 2 unspecified atom stereocenters. The molecule has 0 bridgehead atoms. The number of fused-ring (bicyclic) bond motifs is 1. The summed E-state index contributed by atoms with van der Waals surface area (Å²) < 4.78 is 4.65. The average molecular weight is 376 g/mol. The highest BCUT2D eigenvalue weighted by atomic mass is 16.5. The van der Waals surface area contributed by atoms with E-state index in [0.29, 0.717) is 24.9 Å². The summed E-state index contributed by atoms with van der Waals surface area (Å²) in [5.74, 6) is -2.60. The molecule has 1 heterocycles. The van der Waals surface area contributed by atoms with E-state index in [1.165, 1.54) is 12.0 Å². The number of carboxylic acids is 1. The Labute approximate surface area is 159 Å². The van der Waals surface area contributed by atoms with Gasteiger partial charge < -0.3 is 20.1 Å². The molecule has 2 atom stereocenters. The summed E-state index contributed by atoms with van der Waals surface area (Å²) in [5, 5.41) is 12.3. The van der Waals surface area contributed by atoms with Crippen LogP contribution >= 0.6 is 0 Å². The zero-order chi connectivity index (χ0) is 19.8. The molecule has 7 heteroatoms. The van der Waals surface area contributed by atoms with Gasteiger partial charge in [0.05, 0.1) is 13.2 Å². The van der Waals surface area contributed by atoms with Crippen molar-refractivity contribution in [2.75, 3.05) is 18.6 Å². The Hall–Kier alpha value is -2.57. The zero-order valence-corrected chi connectivity index (χ0v) is 15.9. The lowest BCUT2D eigenvalue weighted by molar-refractivity contribution is -0.146. The molecule has 1 aromatic carbocycles. The van der Waals surface area contributed by atoms with Crippen LogP contribution in [-0.4, -0.2) is 42.8 Å². The molecule has 0 aromatic heterocycles. The van der Waals surface area contributed by atoms with Crippen molar-refractivity contribution in [3.8, 4) is 0 Å². The zero-order valence-electron chi connectivity index (χ0n) is 15.9.